The van der Waals surface area contributed by atoms with Gasteiger partial charge in [-0.2, -0.15) is 0 Å². The number of morpholine rings is 1. The molecule has 1 aromatic rings. The lowest BCUT2D eigenvalue weighted by Crippen LogP contribution is -2.39. The molecule has 1 atom stereocenters. The average Bonchev–Trinajstić information content (AvgIpc) is 3.34. The second kappa shape index (κ2) is 13.6. The molecule has 2 aliphatic rings. The lowest BCUT2D eigenvalue weighted by Gasteiger charge is -2.27. The molecule has 0 spiro atoms. The number of ether oxygens (including phenoxy) is 2. The first kappa shape index (κ1) is 23.8. The van der Waals surface area contributed by atoms with Gasteiger partial charge in [-0.1, -0.05) is 12.1 Å². The summed E-state index contributed by atoms with van der Waals surface area (Å²) in [6.07, 6.45) is 4.89. The number of guanidine groups is 1. The standard InChI is InChI=1S/C24H41N5O2/c1-3-25-24(26-11-4-5-12-28-15-17-31-18-16-28)27-20-23(29-13-6-7-14-29)21-9-8-10-22(19-21)30-2/h8-10,19,23H,3-7,11-18,20H2,1-2H3,(H2,25,26,27). The summed E-state index contributed by atoms with van der Waals surface area (Å²) in [5.74, 6) is 1.83. The molecule has 1 unspecified atom stereocenters. The SMILES string of the molecule is CCNC(=NCC(c1cccc(OC)c1)N1CCCC1)NCCCCN1CCOCC1. The zero-order valence-corrected chi connectivity index (χ0v) is 19.4. The number of benzene rings is 1. The molecule has 0 radical (unpaired) electrons. The fourth-order valence-electron chi connectivity index (χ4n) is 4.35. The minimum Gasteiger partial charge on any atom is -0.497 e. The first-order chi connectivity index (χ1) is 15.3. The van der Waals surface area contributed by atoms with E-state index in [1.165, 1.54) is 24.8 Å². The molecule has 2 saturated heterocycles. The van der Waals surface area contributed by atoms with Crippen molar-refractivity contribution in [2.24, 2.45) is 4.99 Å². The van der Waals surface area contributed by atoms with Crippen molar-refractivity contribution >= 4 is 5.96 Å². The van der Waals surface area contributed by atoms with Gasteiger partial charge in [0.05, 0.1) is 32.9 Å². The highest BCUT2D eigenvalue weighted by molar-refractivity contribution is 5.79. The molecule has 0 bridgehead atoms. The van der Waals surface area contributed by atoms with Crippen LogP contribution in [0.15, 0.2) is 29.3 Å². The van der Waals surface area contributed by atoms with Crippen molar-refractivity contribution in [1.82, 2.24) is 20.4 Å². The van der Waals surface area contributed by atoms with Gasteiger partial charge in [-0.3, -0.25) is 14.8 Å². The Morgan fingerprint density at radius 1 is 1.13 bits per heavy atom. The minimum absolute atomic E-state index is 0.286. The van der Waals surface area contributed by atoms with Crippen molar-refractivity contribution in [3.63, 3.8) is 0 Å². The Bertz CT molecular complexity index is 657. The van der Waals surface area contributed by atoms with Gasteiger partial charge >= 0.3 is 0 Å². The molecule has 0 amide bonds. The number of hydrogen-bond donors (Lipinski definition) is 2. The van der Waals surface area contributed by atoms with Crippen molar-refractivity contribution in [3.8, 4) is 5.75 Å². The van der Waals surface area contributed by atoms with Gasteiger partial charge in [-0.15, -0.1) is 0 Å². The maximum Gasteiger partial charge on any atom is 0.191 e. The van der Waals surface area contributed by atoms with Crippen LogP contribution in [-0.4, -0.2) is 88.4 Å². The highest BCUT2D eigenvalue weighted by atomic mass is 16.5. The van der Waals surface area contributed by atoms with Gasteiger partial charge in [0.25, 0.3) is 0 Å². The van der Waals surface area contributed by atoms with E-state index in [1.807, 2.05) is 6.07 Å². The van der Waals surface area contributed by atoms with Crippen LogP contribution in [-0.2, 0) is 4.74 Å². The van der Waals surface area contributed by atoms with Crippen molar-refractivity contribution < 1.29 is 9.47 Å². The summed E-state index contributed by atoms with van der Waals surface area (Å²) < 4.78 is 10.9. The normalized spacial score (nSPS) is 19.4. The van der Waals surface area contributed by atoms with Crippen LogP contribution >= 0.6 is 0 Å². The van der Waals surface area contributed by atoms with E-state index in [9.17, 15) is 0 Å². The minimum atomic E-state index is 0.286. The Labute approximate surface area is 188 Å². The van der Waals surface area contributed by atoms with Gasteiger partial charge in [-0.05, 0) is 69.9 Å². The number of rotatable bonds is 11. The van der Waals surface area contributed by atoms with Gasteiger partial charge in [0.1, 0.15) is 5.75 Å². The van der Waals surface area contributed by atoms with Gasteiger partial charge in [-0.25, -0.2) is 0 Å². The summed E-state index contributed by atoms with van der Waals surface area (Å²) in [6, 6.07) is 8.74. The van der Waals surface area contributed by atoms with Gasteiger partial charge < -0.3 is 20.1 Å². The number of methoxy groups -OCH3 is 1. The Morgan fingerprint density at radius 3 is 2.68 bits per heavy atom. The summed E-state index contributed by atoms with van der Waals surface area (Å²) >= 11 is 0. The largest absolute Gasteiger partial charge is 0.497 e. The molecule has 0 aliphatic carbocycles. The number of nitrogens with zero attached hydrogens (tertiary/aromatic N) is 3. The predicted octanol–water partition coefficient (Wildman–Crippen LogP) is 2.50. The summed E-state index contributed by atoms with van der Waals surface area (Å²) in [7, 11) is 1.73. The van der Waals surface area contributed by atoms with Crippen LogP contribution in [0.1, 0.15) is 44.2 Å². The second-order valence-corrected chi connectivity index (χ2v) is 8.34. The summed E-state index contributed by atoms with van der Waals surface area (Å²) in [6.45, 7) is 12.0. The van der Waals surface area contributed by atoms with Crippen molar-refractivity contribution in [1.29, 1.82) is 0 Å². The van der Waals surface area contributed by atoms with Crippen LogP contribution < -0.4 is 15.4 Å². The van der Waals surface area contributed by atoms with Crippen molar-refractivity contribution in [2.45, 2.75) is 38.6 Å². The lowest BCUT2D eigenvalue weighted by atomic mass is 10.1. The molecule has 2 fully saturated rings. The average molecular weight is 432 g/mol. The van der Waals surface area contributed by atoms with E-state index in [-0.39, 0.29) is 6.04 Å². The van der Waals surface area contributed by atoms with Gasteiger partial charge in [0.15, 0.2) is 5.96 Å². The summed E-state index contributed by atoms with van der Waals surface area (Å²) in [5, 5.41) is 6.94. The highest BCUT2D eigenvalue weighted by Gasteiger charge is 2.23. The Kier molecular flexibility index (Phi) is 10.4. The first-order valence-corrected chi connectivity index (χ1v) is 12.0. The number of aliphatic imine (C=N–C) groups is 1. The van der Waals surface area contributed by atoms with E-state index in [4.69, 9.17) is 14.5 Å². The van der Waals surface area contributed by atoms with Crippen LogP contribution in [0, 0.1) is 0 Å². The topological polar surface area (TPSA) is 61.4 Å². The third-order valence-corrected chi connectivity index (χ3v) is 6.12. The molecular formula is C24H41N5O2. The van der Waals surface area contributed by atoms with Crippen LogP contribution in [0.5, 0.6) is 5.75 Å². The Hall–Kier alpha value is -1.83. The fraction of sp³-hybridized carbons (Fsp3) is 0.708. The zero-order chi connectivity index (χ0) is 21.7. The molecule has 2 aliphatic heterocycles. The van der Waals surface area contributed by atoms with E-state index in [2.05, 4.69) is 45.6 Å². The van der Waals surface area contributed by atoms with Crippen LogP contribution in [0.25, 0.3) is 0 Å². The Morgan fingerprint density at radius 2 is 1.94 bits per heavy atom. The molecule has 31 heavy (non-hydrogen) atoms. The molecule has 7 nitrogen and oxygen atoms in total. The van der Waals surface area contributed by atoms with Crippen molar-refractivity contribution in [3.05, 3.63) is 29.8 Å². The van der Waals surface area contributed by atoms with E-state index in [1.54, 1.807) is 7.11 Å². The third-order valence-electron chi connectivity index (χ3n) is 6.12. The predicted molar refractivity (Wildman–Crippen MR) is 127 cm³/mol. The number of hydrogen-bond acceptors (Lipinski definition) is 5. The van der Waals surface area contributed by atoms with Crippen LogP contribution in [0.4, 0.5) is 0 Å². The monoisotopic (exact) mass is 431 g/mol. The molecule has 0 saturated carbocycles. The van der Waals surface area contributed by atoms with Gasteiger partial charge in [0.2, 0.25) is 0 Å². The molecule has 2 heterocycles. The van der Waals surface area contributed by atoms with E-state index in [0.29, 0.717) is 0 Å². The van der Waals surface area contributed by atoms with Crippen LogP contribution in [0.2, 0.25) is 0 Å². The number of unbranched alkanes of at least 4 members (excludes halogenated alkanes) is 1. The van der Waals surface area contributed by atoms with E-state index >= 15 is 0 Å². The maximum absolute atomic E-state index is 5.46. The Balaban J connectivity index is 1.52. The molecule has 3 rings (SSSR count). The summed E-state index contributed by atoms with van der Waals surface area (Å²) in [5.41, 5.74) is 1.28. The van der Waals surface area contributed by atoms with Crippen LogP contribution in [0.3, 0.4) is 0 Å². The smallest absolute Gasteiger partial charge is 0.191 e. The molecule has 0 aromatic heterocycles. The second-order valence-electron chi connectivity index (χ2n) is 8.34. The fourth-order valence-corrected chi connectivity index (χ4v) is 4.35. The zero-order valence-electron chi connectivity index (χ0n) is 19.4. The molecule has 7 heteroatoms. The molecular weight excluding hydrogens is 390 g/mol. The number of likely N-dealkylation sites (tertiary alicyclic amines) is 1. The van der Waals surface area contributed by atoms with Gasteiger partial charge in [0, 0.05) is 26.2 Å². The van der Waals surface area contributed by atoms with E-state index in [0.717, 1.165) is 83.7 Å². The molecule has 1 aromatic carbocycles. The van der Waals surface area contributed by atoms with E-state index < -0.39 is 0 Å². The quantitative estimate of drug-likeness (QED) is 0.319. The molecule has 174 valence electrons. The summed E-state index contributed by atoms with van der Waals surface area (Å²) in [4.78, 5) is 10.0. The third kappa shape index (κ3) is 7.98. The molecule has 2 N–H and O–H groups in total. The van der Waals surface area contributed by atoms with Crippen molar-refractivity contribution in [2.75, 3.05) is 72.7 Å². The maximum atomic E-state index is 5.46. The number of nitrogens with one attached hydrogen (secondary N) is 2. The first-order valence-electron chi connectivity index (χ1n) is 12.0. The highest BCUT2D eigenvalue weighted by Crippen LogP contribution is 2.27. The lowest BCUT2D eigenvalue weighted by molar-refractivity contribution is 0.0372.